The minimum Gasteiger partial charge on any atom is -0.349 e. The molecule has 26 heavy (non-hydrogen) atoms. The summed E-state index contributed by atoms with van der Waals surface area (Å²) in [5.41, 5.74) is 2.54. The van der Waals surface area contributed by atoms with Crippen LogP contribution in [-0.4, -0.2) is 23.9 Å². The highest BCUT2D eigenvalue weighted by atomic mass is 16.1. The summed E-state index contributed by atoms with van der Waals surface area (Å²) in [5, 5.41) is 3.31. The van der Waals surface area contributed by atoms with Gasteiger partial charge in [0.1, 0.15) is 0 Å². The number of nitrogens with zero attached hydrogens (tertiary/aromatic N) is 1. The second-order valence-corrected chi connectivity index (χ2v) is 7.68. The Hall–Kier alpha value is -2.13. The standard InChI is InChI=1S/C23H30N2O/c1-18(2)22(20-11-7-4-8-12-20)24-23(26)21-13-15-25(16-14-21)17-19-9-5-3-6-10-19/h3-12,18,21-22H,13-17H2,1-2H3,(H,24,26)/t22-/m1/s1. The van der Waals surface area contributed by atoms with Gasteiger partial charge in [0.2, 0.25) is 5.91 Å². The van der Waals surface area contributed by atoms with Gasteiger partial charge in [-0.05, 0) is 43.0 Å². The fraction of sp³-hybridized carbons (Fsp3) is 0.435. The molecule has 0 radical (unpaired) electrons. The third kappa shape index (κ3) is 4.95. The first-order valence-corrected chi connectivity index (χ1v) is 9.75. The maximum absolute atomic E-state index is 12.8. The number of nitrogens with one attached hydrogen (secondary N) is 1. The molecule has 3 heteroatoms. The van der Waals surface area contributed by atoms with Crippen molar-refractivity contribution in [3.8, 4) is 0 Å². The van der Waals surface area contributed by atoms with Crippen LogP contribution in [0.15, 0.2) is 60.7 Å². The van der Waals surface area contributed by atoms with Crippen LogP contribution < -0.4 is 5.32 Å². The molecule has 1 amide bonds. The molecule has 2 aromatic rings. The van der Waals surface area contributed by atoms with Gasteiger partial charge in [0.05, 0.1) is 6.04 Å². The smallest absolute Gasteiger partial charge is 0.223 e. The van der Waals surface area contributed by atoms with Gasteiger partial charge in [-0.3, -0.25) is 9.69 Å². The van der Waals surface area contributed by atoms with Crippen LogP contribution in [-0.2, 0) is 11.3 Å². The summed E-state index contributed by atoms with van der Waals surface area (Å²) in [4.78, 5) is 15.3. The molecular formula is C23H30N2O. The van der Waals surface area contributed by atoms with Crippen molar-refractivity contribution >= 4 is 5.91 Å². The highest BCUT2D eigenvalue weighted by Gasteiger charge is 2.27. The van der Waals surface area contributed by atoms with Gasteiger partial charge >= 0.3 is 0 Å². The van der Waals surface area contributed by atoms with Crippen molar-refractivity contribution in [3.05, 3.63) is 71.8 Å². The molecule has 1 aliphatic rings. The lowest BCUT2D eigenvalue weighted by atomic mass is 9.92. The molecule has 0 bridgehead atoms. The molecule has 0 spiro atoms. The lowest BCUT2D eigenvalue weighted by molar-refractivity contribution is -0.127. The molecule has 3 rings (SSSR count). The van der Waals surface area contributed by atoms with Crippen LogP contribution in [0.25, 0.3) is 0 Å². The molecule has 0 unspecified atom stereocenters. The average molecular weight is 351 g/mol. The Bertz CT molecular complexity index is 676. The number of rotatable bonds is 6. The van der Waals surface area contributed by atoms with Gasteiger partial charge < -0.3 is 5.32 Å². The summed E-state index contributed by atoms with van der Waals surface area (Å²) in [6.07, 6.45) is 1.89. The summed E-state index contributed by atoms with van der Waals surface area (Å²) in [5.74, 6) is 0.721. The molecule has 0 aromatic heterocycles. The Morgan fingerprint density at radius 2 is 1.58 bits per heavy atom. The fourth-order valence-electron chi connectivity index (χ4n) is 3.76. The summed E-state index contributed by atoms with van der Waals surface area (Å²) >= 11 is 0. The van der Waals surface area contributed by atoms with Gasteiger partial charge in [0, 0.05) is 12.5 Å². The number of carbonyl (C=O) groups excluding carboxylic acids is 1. The summed E-state index contributed by atoms with van der Waals surface area (Å²) in [6, 6.07) is 21.0. The first-order valence-electron chi connectivity index (χ1n) is 9.75. The van der Waals surface area contributed by atoms with Crippen molar-refractivity contribution in [3.63, 3.8) is 0 Å². The highest BCUT2D eigenvalue weighted by molar-refractivity contribution is 5.79. The topological polar surface area (TPSA) is 32.3 Å². The van der Waals surface area contributed by atoms with E-state index in [1.54, 1.807) is 0 Å². The molecule has 1 aliphatic heterocycles. The molecule has 0 aliphatic carbocycles. The van der Waals surface area contributed by atoms with Crippen molar-refractivity contribution in [1.82, 2.24) is 10.2 Å². The van der Waals surface area contributed by atoms with Gasteiger partial charge in [0.25, 0.3) is 0 Å². The summed E-state index contributed by atoms with van der Waals surface area (Å²) in [7, 11) is 0. The number of hydrogen-bond donors (Lipinski definition) is 1. The number of likely N-dealkylation sites (tertiary alicyclic amines) is 1. The van der Waals surface area contributed by atoms with Crippen LogP contribution in [0, 0.1) is 11.8 Å². The van der Waals surface area contributed by atoms with E-state index in [4.69, 9.17) is 0 Å². The summed E-state index contributed by atoms with van der Waals surface area (Å²) in [6.45, 7) is 7.30. The molecule has 1 atom stereocenters. The third-order valence-electron chi connectivity index (χ3n) is 5.33. The van der Waals surface area contributed by atoms with E-state index in [-0.39, 0.29) is 17.9 Å². The van der Waals surface area contributed by atoms with E-state index < -0.39 is 0 Å². The van der Waals surface area contributed by atoms with Crippen molar-refractivity contribution in [2.24, 2.45) is 11.8 Å². The summed E-state index contributed by atoms with van der Waals surface area (Å²) < 4.78 is 0. The Morgan fingerprint density at radius 1 is 1.00 bits per heavy atom. The number of benzene rings is 2. The first-order chi connectivity index (χ1) is 12.6. The first kappa shape index (κ1) is 18.7. The SMILES string of the molecule is CC(C)[C@@H](NC(=O)C1CCN(Cc2ccccc2)CC1)c1ccccc1. The largest absolute Gasteiger partial charge is 0.349 e. The highest BCUT2D eigenvalue weighted by Crippen LogP contribution is 2.24. The van der Waals surface area contributed by atoms with E-state index in [0.717, 1.165) is 32.5 Å². The maximum atomic E-state index is 12.8. The van der Waals surface area contributed by atoms with Gasteiger partial charge in [-0.25, -0.2) is 0 Å². The minimum atomic E-state index is 0.0889. The third-order valence-corrected chi connectivity index (χ3v) is 5.33. The van der Waals surface area contributed by atoms with Crippen LogP contribution in [0.1, 0.15) is 43.9 Å². The zero-order valence-corrected chi connectivity index (χ0v) is 15.9. The molecular weight excluding hydrogens is 320 g/mol. The molecule has 1 N–H and O–H groups in total. The van der Waals surface area contributed by atoms with Gasteiger partial charge in [-0.1, -0.05) is 74.5 Å². The number of amides is 1. The maximum Gasteiger partial charge on any atom is 0.223 e. The zero-order valence-electron chi connectivity index (χ0n) is 15.9. The molecule has 2 aromatic carbocycles. The Kier molecular flexibility index (Phi) is 6.45. The molecule has 0 saturated carbocycles. The predicted octanol–water partition coefficient (Wildman–Crippen LogP) is 4.41. The predicted molar refractivity (Wildman–Crippen MR) is 107 cm³/mol. The minimum absolute atomic E-state index is 0.0889. The second kappa shape index (κ2) is 9.00. The Morgan fingerprint density at radius 3 is 2.15 bits per heavy atom. The van der Waals surface area contributed by atoms with Crippen molar-refractivity contribution in [2.45, 2.75) is 39.3 Å². The van der Waals surface area contributed by atoms with Gasteiger partial charge in [-0.15, -0.1) is 0 Å². The zero-order chi connectivity index (χ0) is 18.4. The van der Waals surface area contributed by atoms with Crippen LogP contribution in [0.2, 0.25) is 0 Å². The lowest BCUT2D eigenvalue weighted by Crippen LogP contribution is -2.42. The van der Waals surface area contributed by atoms with Crippen LogP contribution in [0.4, 0.5) is 0 Å². The normalized spacial score (nSPS) is 17.2. The van der Waals surface area contributed by atoms with E-state index in [1.807, 2.05) is 18.2 Å². The van der Waals surface area contributed by atoms with E-state index in [0.29, 0.717) is 5.92 Å². The monoisotopic (exact) mass is 350 g/mol. The van der Waals surface area contributed by atoms with E-state index in [9.17, 15) is 4.79 Å². The van der Waals surface area contributed by atoms with E-state index in [2.05, 4.69) is 66.5 Å². The van der Waals surface area contributed by atoms with E-state index >= 15 is 0 Å². The van der Waals surface area contributed by atoms with Gasteiger partial charge in [0.15, 0.2) is 0 Å². The second-order valence-electron chi connectivity index (χ2n) is 7.68. The van der Waals surface area contributed by atoms with E-state index in [1.165, 1.54) is 11.1 Å². The van der Waals surface area contributed by atoms with Crippen LogP contribution >= 0.6 is 0 Å². The quantitative estimate of drug-likeness (QED) is 0.837. The number of carbonyl (C=O) groups is 1. The van der Waals surface area contributed by atoms with Crippen molar-refractivity contribution in [2.75, 3.05) is 13.1 Å². The van der Waals surface area contributed by atoms with Gasteiger partial charge in [-0.2, -0.15) is 0 Å². The van der Waals surface area contributed by atoms with Crippen LogP contribution in [0.3, 0.4) is 0 Å². The molecule has 3 nitrogen and oxygen atoms in total. The van der Waals surface area contributed by atoms with Crippen molar-refractivity contribution in [1.29, 1.82) is 0 Å². The van der Waals surface area contributed by atoms with Crippen LogP contribution in [0.5, 0.6) is 0 Å². The number of hydrogen-bond acceptors (Lipinski definition) is 2. The lowest BCUT2D eigenvalue weighted by Gasteiger charge is -2.33. The fourth-order valence-corrected chi connectivity index (χ4v) is 3.76. The number of piperidine rings is 1. The molecule has 1 saturated heterocycles. The Labute approximate surface area is 157 Å². The molecule has 1 heterocycles. The van der Waals surface area contributed by atoms with Crippen molar-refractivity contribution < 1.29 is 4.79 Å². The molecule has 138 valence electrons. The average Bonchev–Trinajstić information content (AvgIpc) is 2.68. The Balaban J connectivity index is 1.53. The molecule has 1 fully saturated rings.